The van der Waals surface area contributed by atoms with Crippen molar-refractivity contribution in [3.8, 4) is 0 Å². The summed E-state index contributed by atoms with van der Waals surface area (Å²) in [6, 6.07) is 7.21. The molecule has 0 aliphatic heterocycles. The first-order chi connectivity index (χ1) is 8.61. The molecular formula is C12H11NO5. The molecule has 0 unspecified atom stereocenters. The van der Waals surface area contributed by atoms with E-state index in [1.54, 1.807) is 24.3 Å². The molecule has 0 aliphatic rings. The van der Waals surface area contributed by atoms with Gasteiger partial charge >= 0.3 is 5.97 Å². The highest BCUT2D eigenvalue weighted by molar-refractivity contribution is 5.97. The van der Waals surface area contributed by atoms with Crippen molar-refractivity contribution in [3.63, 3.8) is 0 Å². The van der Waals surface area contributed by atoms with E-state index in [1.807, 2.05) is 0 Å². The fourth-order valence-electron chi connectivity index (χ4n) is 1.51. The van der Waals surface area contributed by atoms with Crippen LogP contribution < -0.4 is 5.32 Å². The lowest BCUT2D eigenvalue weighted by Gasteiger charge is -2.09. The highest BCUT2D eigenvalue weighted by Gasteiger charge is 2.21. The van der Waals surface area contributed by atoms with Crippen LogP contribution in [0, 0.1) is 0 Å². The summed E-state index contributed by atoms with van der Waals surface area (Å²) in [7, 11) is 0. The first-order valence-electron chi connectivity index (χ1n) is 5.25. The molecule has 0 aliphatic carbocycles. The van der Waals surface area contributed by atoms with Crippen LogP contribution in [0.2, 0.25) is 0 Å². The standard InChI is InChI=1S/C12H11NO5/c14-6-8(12(16)17)13-11(15)10-5-7-3-1-2-4-9(7)18-10/h1-5,8,14H,6H2,(H,13,15)(H,16,17)/t8-/m1/s1. The highest BCUT2D eigenvalue weighted by Crippen LogP contribution is 2.18. The van der Waals surface area contributed by atoms with Crippen molar-refractivity contribution in [2.45, 2.75) is 6.04 Å². The first-order valence-corrected chi connectivity index (χ1v) is 5.25. The second-order valence-electron chi connectivity index (χ2n) is 3.70. The Morgan fingerprint density at radius 2 is 2.06 bits per heavy atom. The average Bonchev–Trinajstić information content (AvgIpc) is 2.79. The summed E-state index contributed by atoms with van der Waals surface area (Å²) in [6.07, 6.45) is 0. The van der Waals surface area contributed by atoms with Crippen LogP contribution in [0.3, 0.4) is 0 Å². The molecule has 0 fully saturated rings. The zero-order valence-electron chi connectivity index (χ0n) is 9.29. The molecule has 2 rings (SSSR count). The van der Waals surface area contributed by atoms with Crippen molar-refractivity contribution in [2.24, 2.45) is 0 Å². The van der Waals surface area contributed by atoms with Gasteiger partial charge in [0, 0.05) is 5.39 Å². The Kier molecular flexibility index (Phi) is 3.29. The summed E-state index contributed by atoms with van der Waals surface area (Å²) in [5.41, 5.74) is 0.540. The van der Waals surface area contributed by atoms with Gasteiger partial charge in [0.15, 0.2) is 11.8 Å². The van der Waals surface area contributed by atoms with E-state index in [4.69, 9.17) is 14.6 Å². The summed E-state index contributed by atoms with van der Waals surface area (Å²) < 4.78 is 5.27. The van der Waals surface area contributed by atoms with E-state index >= 15 is 0 Å². The molecule has 1 aromatic carbocycles. The molecule has 1 amide bonds. The monoisotopic (exact) mass is 249 g/mol. The minimum atomic E-state index is -1.34. The molecule has 1 atom stereocenters. The van der Waals surface area contributed by atoms with Crippen molar-refractivity contribution >= 4 is 22.8 Å². The van der Waals surface area contributed by atoms with E-state index < -0.39 is 24.5 Å². The van der Waals surface area contributed by atoms with Gasteiger partial charge in [-0.2, -0.15) is 0 Å². The van der Waals surface area contributed by atoms with Crippen LogP contribution in [0.25, 0.3) is 11.0 Å². The van der Waals surface area contributed by atoms with Crippen molar-refractivity contribution in [3.05, 3.63) is 36.1 Å². The Hall–Kier alpha value is -2.34. The van der Waals surface area contributed by atoms with Crippen LogP contribution >= 0.6 is 0 Å². The second kappa shape index (κ2) is 4.89. The van der Waals surface area contributed by atoms with Gasteiger partial charge in [0.25, 0.3) is 5.91 Å². The zero-order valence-corrected chi connectivity index (χ0v) is 9.29. The van der Waals surface area contributed by atoms with Crippen molar-refractivity contribution in [2.75, 3.05) is 6.61 Å². The van der Waals surface area contributed by atoms with E-state index in [-0.39, 0.29) is 5.76 Å². The van der Waals surface area contributed by atoms with Crippen LogP contribution in [0.4, 0.5) is 0 Å². The molecular weight excluding hydrogens is 238 g/mol. The largest absolute Gasteiger partial charge is 0.480 e. The number of para-hydroxylation sites is 1. The Morgan fingerprint density at radius 1 is 1.33 bits per heavy atom. The summed E-state index contributed by atoms with van der Waals surface area (Å²) in [4.78, 5) is 22.4. The molecule has 2 aromatic rings. The average molecular weight is 249 g/mol. The van der Waals surface area contributed by atoms with Crippen LogP contribution in [0.15, 0.2) is 34.7 Å². The van der Waals surface area contributed by atoms with Crippen LogP contribution in [-0.2, 0) is 4.79 Å². The third kappa shape index (κ3) is 2.33. The molecule has 1 heterocycles. The van der Waals surface area contributed by atoms with Gasteiger partial charge in [-0.3, -0.25) is 4.79 Å². The lowest BCUT2D eigenvalue weighted by molar-refractivity contribution is -0.140. The molecule has 6 heteroatoms. The maximum absolute atomic E-state index is 11.7. The Morgan fingerprint density at radius 3 is 2.67 bits per heavy atom. The van der Waals surface area contributed by atoms with Gasteiger partial charge in [0.2, 0.25) is 0 Å². The van der Waals surface area contributed by atoms with E-state index in [0.29, 0.717) is 5.58 Å². The minimum Gasteiger partial charge on any atom is -0.480 e. The van der Waals surface area contributed by atoms with Crippen molar-refractivity contribution in [1.29, 1.82) is 0 Å². The van der Waals surface area contributed by atoms with E-state index in [1.165, 1.54) is 6.07 Å². The van der Waals surface area contributed by atoms with E-state index in [0.717, 1.165) is 5.39 Å². The highest BCUT2D eigenvalue weighted by atomic mass is 16.4. The number of carbonyl (C=O) groups excluding carboxylic acids is 1. The smallest absolute Gasteiger partial charge is 0.328 e. The molecule has 18 heavy (non-hydrogen) atoms. The molecule has 0 saturated carbocycles. The molecule has 0 spiro atoms. The van der Waals surface area contributed by atoms with Gasteiger partial charge in [-0.1, -0.05) is 18.2 Å². The maximum Gasteiger partial charge on any atom is 0.328 e. The lowest BCUT2D eigenvalue weighted by atomic mass is 10.2. The molecule has 0 bridgehead atoms. The van der Waals surface area contributed by atoms with Gasteiger partial charge < -0.3 is 19.9 Å². The number of hydrogen-bond donors (Lipinski definition) is 3. The SMILES string of the molecule is O=C(N[C@H](CO)C(=O)O)c1cc2ccccc2o1. The Balaban J connectivity index is 2.20. The summed E-state index contributed by atoms with van der Waals surface area (Å²) >= 11 is 0. The fraction of sp³-hybridized carbons (Fsp3) is 0.167. The van der Waals surface area contributed by atoms with Gasteiger partial charge in [-0.05, 0) is 12.1 Å². The lowest BCUT2D eigenvalue weighted by Crippen LogP contribution is -2.43. The molecule has 0 radical (unpaired) electrons. The molecule has 1 aromatic heterocycles. The minimum absolute atomic E-state index is 0.0101. The summed E-state index contributed by atoms with van der Waals surface area (Å²) in [5.74, 6) is -1.97. The van der Waals surface area contributed by atoms with Crippen LogP contribution in [0.1, 0.15) is 10.6 Å². The first kappa shape index (κ1) is 12.1. The third-order valence-electron chi connectivity index (χ3n) is 2.44. The molecule has 0 saturated heterocycles. The molecule has 3 N–H and O–H groups in total. The number of furan rings is 1. The number of aliphatic carboxylic acids is 1. The number of aliphatic hydroxyl groups is 1. The number of nitrogens with one attached hydrogen (secondary N) is 1. The van der Waals surface area contributed by atoms with Crippen LogP contribution in [-0.4, -0.2) is 34.7 Å². The molecule has 94 valence electrons. The topological polar surface area (TPSA) is 99.8 Å². The predicted octanol–water partition coefficient (Wildman–Crippen LogP) is 0.608. The molecule has 6 nitrogen and oxygen atoms in total. The van der Waals surface area contributed by atoms with E-state index in [9.17, 15) is 9.59 Å². The van der Waals surface area contributed by atoms with Gasteiger partial charge in [-0.25, -0.2) is 4.79 Å². The van der Waals surface area contributed by atoms with Gasteiger partial charge in [0.1, 0.15) is 5.58 Å². The maximum atomic E-state index is 11.7. The predicted molar refractivity (Wildman–Crippen MR) is 62.2 cm³/mol. The normalized spacial score (nSPS) is 12.3. The van der Waals surface area contributed by atoms with Crippen LogP contribution in [0.5, 0.6) is 0 Å². The zero-order chi connectivity index (χ0) is 13.1. The number of aliphatic hydroxyl groups excluding tert-OH is 1. The number of carbonyl (C=O) groups is 2. The summed E-state index contributed by atoms with van der Waals surface area (Å²) in [5, 5.41) is 20.4. The fourth-order valence-corrected chi connectivity index (χ4v) is 1.51. The number of carboxylic acids is 1. The number of benzene rings is 1. The quantitative estimate of drug-likeness (QED) is 0.737. The Labute approximate surface area is 102 Å². The van der Waals surface area contributed by atoms with E-state index in [2.05, 4.69) is 5.32 Å². The number of rotatable bonds is 4. The van der Waals surface area contributed by atoms with Crippen molar-refractivity contribution in [1.82, 2.24) is 5.32 Å². The summed E-state index contributed by atoms with van der Waals surface area (Å²) in [6.45, 7) is -0.679. The number of fused-ring (bicyclic) bond motifs is 1. The number of carboxylic acid groups (broad SMARTS) is 1. The van der Waals surface area contributed by atoms with Crippen molar-refractivity contribution < 1.29 is 24.2 Å². The Bertz CT molecular complexity index is 556. The third-order valence-corrected chi connectivity index (χ3v) is 2.44. The number of hydrogen-bond acceptors (Lipinski definition) is 4. The van der Waals surface area contributed by atoms with Gasteiger partial charge in [-0.15, -0.1) is 0 Å². The number of amides is 1. The van der Waals surface area contributed by atoms with Gasteiger partial charge in [0.05, 0.1) is 6.61 Å². The second-order valence-corrected chi connectivity index (χ2v) is 3.70.